The van der Waals surface area contributed by atoms with E-state index in [4.69, 9.17) is 14.6 Å². The van der Waals surface area contributed by atoms with Crippen molar-refractivity contribution < 1.29 is 29.9 Å². The number of hydrogen-bond donors (Lipinski definition) is 4. The van der Waals surface area contributed by atoms with Crippen LogP contribution < -0.4 is 0 Å². The van der Waals surface area contributed by atoms with E-state index in [1.54, 1.807) is 0 Å². The van der Waals surface area contributed by atoms with Crippen molar-refractivity contribution in [2.24, 2.45) is 0 Å². The average Bonchev–Trinajstić information content (AvgIpc) is 2.38. The Kier molecular flexibility index (Phi) is 7.06. The van der Waals surface area contributed by atoms with Gasteiger partial charge in [0.2, 0.25) is 0 Å². The second-order valence-electron chi connectivity index (χ2n) is 4.63. The Labute approximate surface area is 107 Å². The summed E-state index contributed by atoms with van der Waals surface area (Å²) in [5, 5.41) is 37.8. The SMILES string of the molecule is CCCCCCO[C@@H]1O[C@@H](CO)[C@@H](O)[C@@H](O)[C@H]1O. The Morgan fingerprint density at radius 1 is 1.00 bits per heavy atom. The van der Waals surface area contributed by atoms with Crippen molar-refractivity contribution in [3.05, 3.63) is 0 Å². The molecule has 0 aromatic carbocycles. The highest BCUT2D eigenvalue weighted by Gasteiger charge is 2.43. The van der Waals surface area contributed by atoms with E-state index in [0.717, 1.165) is 25.7 Å². The highest BCUT2D eigenvalue weighted by Crippen LogP contribution is 2.22. The predicted molar refractivity (Wildman–Crippen MR) is 63.9 cm³/mol. The molecule has 108 valence electrons. The molecule has 0 saturated carbocycles. The van der Waals surface area contributed by atoms with Crippen LogP contribution in [0.25, 0.3) is 0 Å². The van der Waals surface area contributed by atoms with Crippen LogP contribution in [0.1, 0.15) is 32.6 Å². The maximum atomic E-state index is 9.68. The van der Waals surface area contributed by atoms with Crippen LogP contribution >= 0.6 is 0 Å². The Hall–Kier alpha value is -0.240. The molecular weight excluding hydrogens is 240 g/mol. The molecule has 5 atom stereocenters. The van der Waals surface area contributed by atoms with Crippen molar-refractivity contribution >= 4 is 0 Å². The standard InChI is InChI=1S/C12H24O6/c1-2-3-4-5-6-17-12-11(16)10(15)9(14)8(7-13)18-12/h8-16H,2-7H2,1H3/t8-,9+,10+,11+,12+/m0/s1. The van der Waals surface area contributed by atoms with Crippen molar-refractivity contribution in [2.45, 2.75) is 63.3 Å². The third-order valence-corrected chi connectivity index (χ3v) is 3.13. The van der Waals surface area contributed by atoms with Crippen LogP contribution in [0.5, 0.6) is 0 Å². The van der Waals surface area contributed by atoms with Crippen LogP contribution in [0.3, 0.4) is 0 Å². The van der Waals surface area contributed by atoms with E-state index in [0.29, 0.717) is 6.61 Å². The van der Waals surface area contributed by atoms with Gasteiger partial charge in [-0.05, 0) is 6.42 Å². The molecule has 0 bridgehead atoms. The van der Waals surface area contributed by atoms with Gasteiger partial charge in [-0.15, -0.1) is 0 Å². The second-order valence-corrected chi connectivity index (χ2v) is 4.63. The summed E-state index contributed by atoms with van der Waals surface area (Å²) >= 11 is 0. The lowest BCUT2D eigenvalue weighted by Crippen LogP contribution is -2.59. The maximum Gasteiger partial charge on any atom is 0.186 e. The Morgan fingerprint density at radius 2 is 1.72 bits per heavy atom. The Balaban J connectivity index is 2.35. The van der Waals surface area contributed by atoms with Gasteiger partial charge in [-0.1, -0.05) is 26.2 Å². The van der Waals surface area contributed by atoms with E-state index in [-0.39, 0.29) is 0 Å². The molecular formula is C12H24O6. The largest absolute Gasteiger partial charge is 0.394 e. The number of rotatable bonds is 7. The van der Waals surface area contributed by atoms with E-state index in [1.807, 2.05) is 0 Å². The first-order chi connectivity index (χ1) is 8.61. The molecule has 0 aliphatic carbocycles. The van der Waals surface area contributed by atoms with Crippen molar-refractivity contribution in [3.8, 4) is 0 Å². The monoisotopic (exact) mass is 264 g/mol. The molecule has 1 heterocycles. The van der Waals surface area contributed by atoms with Crippen LogP contribution in [-0.4, -0.2) is 64.3 Å². The zero-order valence-electron chi connectivity index (χ0n) is 10.7. The molecule has 6 heteroatoms. The van der Waals surface area contributed by atoms with Crippen LogP contribution in [-0.2, 0) is 9.47 Å². The average molecular weight is 264 g/mol. The van der Waals surface area contributed by atoms with Crippen molar-refractivity contribution in [1.29, 1.82) is 0 Å². The van der Waals surface area contributed by atoms with Gasteiger partial charge in [0, 0.05) is 6.61 Å². The van der Waals surface area contributed by atoms with Gasteiger partial charge in [-0.3, -0.25) is 0 Å². The quantitative estimate of drug-likeness (QED) is 0.458. The maximum absolute atomic E-state index is 9.68. The lowest BCUT2D eigenvalue weighted by molar-refractivity contribution is -0.301. The summed E-state index contributed by atoms with van der Waals surface area (Å²) in [5.74, 6) is 0. The van der Waals surface area contributed by atoms with Crippen LogP contribution in [0.2, 0.25) is 0 Å². The minimum absolute atomic E-state index is 0.419. The molecule has 0 amide bonds. The summed E-state index contributed by atoms with van der Waals surface area (Å²) in [4.78, 5) is 0. The molecule has 1 saturated heterocycles. The van der Waals surface area contributed by atoms with E-state index >= 15 is 0 Å². The smallest absolute Gasteiger partial charge is 0.186 e. The van der Waals surface area contributed by atoms with Crippen LogP contribution in [0.15, 0.2) is 0 Å². The van der Waals surface area contributed by atoms with Gasteiger partial charge in [0.1, 0.15) is 24.4 Å². The topological polar surface area (TPSA) is 99.4 Å². The normalized spacial score (nSPS) is 36.8. The zero-order chi connectivity index (χ0) is 13.5. The molecule has 0 aromatic heterocycles. The number of unbranched alkanes of at least 4 members (excludes halogenated alkanes) is 3. The third-order valence-electron chi connectivity index (χ3n) is 3.13. The summed E-state index contributed by atoms with van der Waals surface area (Å²) < 4.78 is 10.5. The number of aliphatic hydroxyl groups excluding tert-OH is 4. The van der Waals surface area contributed by atoms with Crippen molar-refractivity contribution in [1.82, 2.24) is 0 Å². The molecule has 0 spiro atoms. The highest BCUT2D eigenvalue weighted by molar-refractivity contribution is 4.88. The van der Waals surface area contributed by atoms with Gasteiger partial charge >= 0.3 is 0 Å². The molecule has 1 aliphatic heterocycles. The predicted octanol–water partition coefficient (Wildman–Crippen LogP) is -0.617. The van der Waals surface area contributed by atoms with E-state index < -0.39 is 37.3 Å². The van der Waals surface area contributed by atoms with Crippen molar-refractivity contribution in [2.75, 3.05) is 13.2 Å². The minimum atomic E-state index is -1.36. The fourth-order valence-electron chi connectivity index (χ4n) is 1.93. The molecule has 0 unspecified atom stereocenters. The molecule has 0 aromatic rings. The first kappa shape index (κ1) is 15.8. The zero-order valence-corrected chi connectivity index (χ0v) is 10.7. The van der Waals surface area contributed by atoms with E-state index in [2.05, 4.69) is 6.92 Å². The van der Waals surface area contributed by atoms with E-state index in [9.17, 15) is 15.3 Å². The molecule has 6 nitrogen and oxygen atoms in total. The van der Waals surface area contributed by atoms with Gasteiger partial charge < -0.3 is 29.9 Å². The summed E-state index contributed by atoms with van der Waals surface area (Å²) in [6, 6.07) is 0. The third kappa shape index (κ3) is 4.15. The number of hydrogen-bond acceptors (Lipinski definition) is 6. The summed E-state index contributed by atoms with van der Waals surface area (Å²) in [5.41, 5.74) is 0. The van der Waals surface area contributed by atoms with E-state index in [1.165, 1.54) is 0 Å². The Bertz CT molecular complexity index is 223. The first-order valence-corrected chi connectivity index (χ1v) is 6.54. The molecule has 1 aliphatic rings. The van der Waals surface area contributed by atoms with Gasteiger partial charge in [0.15, 0.2) is 6.29 Å². The summed E-state index contributed by atoms with van der Waals surface area (Å²) in [6.07, 6.45) is -1.75. The number of ether oxygens (including phenoxy) is 2. The molecule has 1 fully saturated rings. The van der Waals surface area contributed by atoms with Crippen molar-refractivity contribution in [3.63, 3.8) is 0 Å². The van der Waals surface area contributed by atoms with Gasteiger partial charge in [-0.25, -0.2) is 0 Å². The summed E-state index contributed by atoms with van der Waals surface area (Å²) in [6.45, 7) is 2.10. The lowest BCUT2D eigenvalue weighted by Gasteiger charge is -2.39. The fourth-order valence-corrected chi connectivity index (χ4v) is 1.93. The highest BCUT2D eigenvalue weighted by atomic mass is 16.7. The molecule has 18 heavy (non-hydrogen) atoms. The summed E-state index contributed by atoms with van der Waals surface area (Å²) in [7, 11) is 0. The van der Waals surface area contributed by atoms with Gasteiger partial charge in [-0.2, -0.15) is 0 Å². The molecule has 1 rings (SSSR count). The van der Waals surface area contributed by atoms with Crippen LogP contribution in [0.4, 0.5) is 0 Å². The molecule has 0 radical (unpaired) electrons. The fraction of sp³-hybridized carbons (Fsp3) is 1.00. The number of aliphatic hydroxyl groups is 4. The molecule has 4 N–H and O–H groups in total. The second kappa shape index (κ2) is 8.04. The van der Waals surface area contributed by atoms with Gasteiger partial charge in [0.05, 0.1) is 6.61 Å². The van der Waals surface area contributed by atoms with Gasteiger partial charge in [0.25, 0.3) is 0 Å². The first-order valence-electron chi connectivity index (χ1n) is 6.54. The van der Waals surface area contributed by atoms with Crippen LogP contribution in [0, 0.1) is 0 Å². The lowest BCUT2D eigenvalue weighted by atomic mass is 9.99. The minimum Gasteiger partial charge on any atom is -0.394 e. The Morgan fingerprint density at radius 3 is 2.33 bits per heavy atom.